The van der Waals surface area contributed by atoms with Gasteiger partial charge in [-0.2, -0.15) is 0 Å². The molecule has 4 nitrogen and oxygen atoms in total. The maximum atomic E-state index is 9.75. The van der Waals surface area contributed by atoms with E-state index in [0.29, 0.717) is 18.0 Å². The summed E-state index contributed by atoms with van der Waals surface area (Å²) in [6.45, 7) is 6.37. The van der Waals surface area contributed by atoms with Crippen molar-refractivity contribution in [2.24, 2.45) is 0 Å². The molecule has 0 aliphatic carbocycles. The Labute approximate surface area is 102 Å². The van der Waals surface area contributed by atoms with Crippen molar-refractivity contribution in [1.29, 1.82) is 0 Å². The van der Waals surface area contributed by atoms with Crippen molar-refractivity contribution in [3.8, 4) is 17.2 Å². The number of aromatic hydroxyl groups is 1. The maximum Gasteiger partial charge on any atom is 0.200 e. The van der Waals surface area contributed by atoms with Gasteiger partial charge in [0.25, 0.3) is 0 Å². The minimum Gasteiger partial charge on any atom is -0.502 e. The predicted octanol–water partition coefficient (Wildman–Crippen LogP) is 2.07. The average Bonchev–Trinajstić information content (AvgIpc) is 2.36. The van der Waals surface area contributed by atoms with Gasteiger partial charge in [-0.15, -0.1) is 6.58 Å². The Kier molecular flexibility index (Phi) is 4.84. The molecule has 0 aliphatic heterocycles. The third kappa shape index (κ3) is 3.39. The zero-order valence-electron chi connectivity index (χ0n) is 10.5. The highest BCUT2D eigenvalue weighted by Crippen LogP contribution is 2.36. The van der Waals surface area contributed by atoms with Gasteiger partial charge in [-0.05, 0) is 24.6 Å². The van der Waals surface area contributed by atoms with E-state index in [1.165, 1.54) is 14.2 Å². The Bertz CT molecular complexity index is 365. The summed E-state index contributed by atoms with van der Waals surface area (Å²) in [5, 5.41) is 13.0. The van der Waals surface area contributed by atoms with Crippen LogP contribution < -0.4 is 14.8 Å². The van der Waals surface area contributed by atoms with Gasteiger partial charge in [-0.1, -0.05) is 6.08 Å². The molecule has 0 heterocycles. The zero-order valence-corrected chi connectivity index (χ0v) is 10.5. The molecule has 0 radical (unpaired) electrons. The van der Waals surface area contributed by atoms with E-state index >= 15 is 0 Å². The molecule has 0 aromatic heterocycles. The summed E-state index contributed by atoms with van der Waals surface area (Å²) in [4.78, 5) is 0. The first-order valence-electron chi connectivity index (χ1n) is 5.42. The van der Waals surface area contributed by atoms with Gasteiger partial charge in [0, 0.05) is 12.6 Å². The quantitative estimate of drug-likeness (QED) is 0.744. The van der Waals surface area contributed by atoms with E-state index in [0.717, 1.165) is 5.56 Å². The molecule has 0 spiro atoms. The topological polar surface area (TPSA) is 50.7 Å². The Morgan fingerprint density at radius 3 is 2.29 bits per heavy atom. The first-order valence-corrected chi connectivity index (χ1v) is 5.42. The van der Waals surface area contributed by atoms with Gasteiger partial charge < -0.3 is 19.9 Å². The summed E-state index contributed by atoms with van der Waals surface area (Å²) < 4.78 is 10.2. The van der Waals surface area contributed by atoms with E-state index in [9.17, 15) is 5.11 Å². The Balaban J connectivity index is 2.89. The summed E-state index contributed by atoms with van der Waals surface area (Å²) in [5.74, 6) is 0.843. The highest BCUT2D eigenvalue weighted by molar-refractivity contribution is 5.52. The van der Waals surface area contributed by atoms with E-state index in [1.807, 2.05) is 13.0 Å². The van der Waals surface area contributed by atoms with Crippen LogP contribution >= 0.6 is 0 Å². The largest absolute Gasteiger partial charge is 0.502 e. The molecule has 0 fully saturated rings. The van der Waals surface area contributed by atoms with Crippen molar-refractivity contribution in [1.82, 2.24) is 5.32 Å². The zero-order chi connectivity index (χ0) is 12.8. The number of phenolic OH excluding ortho intramolecular Hbond substituents is 1. The van der Waals surface area contributed by atoms with Gasteiger partial charge in [0.15, 0.2) is 11.5 Å². The van der Waals surface area contributed by atoms with E-state index < -0.39 is 0 Å². The van der Waals surface area contributed by atoms with Crippen molar-refractivity contribution in [2.45, 2.75) is 19.5 Å². The van der Waals surface area contributed by atoms with Crippen LogP contribution in [0.3, 0.4) is 0 Å². The summed E-state index contributed by atoms with van der Waals surface area (Å²) in [7, 11) is 3.02. The summed E-state index contributed by atoms with van der Waals surface area (Å²) >= 11 is 0. The Hall–Kier alpha value is -1.68. The smallest absolute Gasteiger partial charge is 0.200 e. The second-order valence-electron chi connectivity index (χ2n) is 3.75. The SMILES string of the molecule is C=CC(C)NCc1cc(OC)c(O)c(OC)c1. The van der Waals surface area contributed by atoms with Crippen LogP contribution in [0.4, 0.5) is 0 Å². The molecule has 4 heteroatoms. The van der Waals surface area contributed by atoms with Crippen molar-refractivity contribution >= 4 is 0 Å². The normalized spacial score (nSPS) is 11.9. The maximum absolute atomic E-state index is 9.75. The molecular formula is C13H19NO3. The minimum atomic E-state index is 0.0236. The van der Waals surface area contributed by atoms with Gasteiger partial charge in [-0.25, -0.2) is 0 Å². The molecule has 17 heavy (non-hydrogen) atoms. The van der Waals surface area contributed by atoms with E-state index in [4.69, 9.17) is 9.47 Å². The molecule has 0 saturated heterocycles. The van der Waals surface area contributed by atoms with Crippen LogP contribution in [0.5, 0.6) is 17.2 Å². The van der Waals surface area contributed by atoms with Gasteiger partial charge in [-0.3, -0.25) is 0 Å². The fourth-order valence-corrected chi connectivity index (χ4v) is 1.41. The lowest BCUT2D eigenvalue weighted by Gasteiger charge is -2.13. The molecule has 1 rings (SSSR count). The molecule has 1 aromatic rings. The second kappa shape index (κ2) is 6.15. The number of phenols is 1. The number of ether oxygens (including phenoxy) is 2. The number of hydrogen-bond donors (Lipinski definition) is 2. The van der Waals surface area contributed by atoms with Crippen LogP contribution in [-0.4, -0.2) is 25.4 Å². The third-order valence-corrected chi connectivity index (χ3v) is 2.52. The van der Waals surface area contributed by atoms with Gasteiger partial charge >= 0.3 is 0 Å². The standard InChI is InChI=1S/C13H19NO3/c1-5-9(2)14-8-10-6-11(16-3)13(15)12(7-10)17-4/h5-7,9,14-15H,1,8H2,2-4H3. The van der Waals surface area contributed by atoms with Crippen molar-refractivity contribution in [3.63, 3.8) is 0 Å². The molecule has 1 unspecified atom stereocenters. The molecule has 0 amide bonds. The van der Waals surface area contributed by atoms with Crippen molar-refractivity contribution in [2.75, 3.05) is 14.2 Å². The fraction of sp³-hybridized carbons (Fsp3) is 0.385. The highest BCUT2D eigenvalue weighted by atomic mass is 16.5. The monoisotopic (exact) mass is 237 g/mol. The van der Waals surface area contributed by atoms with Crippen LogP contribution in [-0.2, 0) is 6.54 Å². The number of rotatable bonds is 6. The molecule has 0 bridgehead atoms. The third-order valence-electron chi connectivity index (χ3n) is 2.52. The van der Waals surface area contributed by atoms with Crippen LogP contribution in [0.15, 0.2) is 24.8 Å². The van der Waals surface area contributed by atoms with Crippen molar-refractivity contribution < 1.29 is 14.6 Å². The molecule has 2 N–H and O–H groups in total. The lowest BCUT2D eigenvalue weighted by Crippen LogP contribution is -2.22. The van der Waals surface area contributed by atoms with Gasteiger partial charge in [0.2, 0.25) is 5.75 Å². The average molecular weight is 237 g/mol. The lowest BCUT2D eigenvalue weighted by atomic mass is 10.1. The van der Waals surface area contributed by atoms with Crippen LogP contribution in [0.2, 0.25) is 0 Å². The number of hydrogen-bond acceptors (Lipinski definition) is 4. The fourth-order valence-electron chi connectivity index (χ4n) is 1.41. The van der Waals surface area contributed by atoms with E-state index in [1.54, 1.807) is 12.1 Å². The number of benzene rings is 1. The lowest BCUT2D eigenvalue weighted by molar-refractivity contribution is 0.339. The van der Waals surface area contributed by atoms with Gasteiger partial charge in [0.1, 0.15) is 0 Å². The molecular weight excluding hydrogens is 218 g/mol. The minimum absolute atomic E-state index is 0.0236. The molecule has 1 atom stereocenters. The summed E-state index contributed by atoms with van der Waals surface area (Å²) in [6.07, 6.45) is 1.83. The molecule has 94 valence electrons. The van der Waals surface area contributed by atoms with E-state index in [2.05, 4.69) is 11.9 Å². The number of nitrogens with one attached hydrogen (secondary N) is 1. The molecule has 0 saturated carbocycles. The molecule has 0 aliphatic rings. The van der Waals surface area contributed by atoms with Crippen LogP contribution in [0.1, 0.15) is 12.5 Å². The molecule has 1 aromatic carbocycles. The van der Waals surface area contributed by atoms with Crippen LogP contribution in [0, 0.1) is 0 Å². The van der Waals surface area contributed by atoms with E-state index in [-0.39, 0.29) is 11.8 Å². The Morgan fingerprint density at radius 2 is 1.88 bits per heavy atom. The van der Waals surface area contributed by atoms with Crippen LogP contribution in [0.25, 0.3) is 0 Å². The Morgan fingerprint density at radius 1 is 1.35 bits per heavy atom. The summed E-state index contributed by atoms with van der Waals surface area (Å²) in [6, 6.07) is 3.78. The summed E-state index contributed by atoms with van der Waals surface area (Å²) in [5.41, 5.74) is 0.977. The predicted molar refractivity (Wildman–Crippen MR) is 67.7 cm³/mol. The van der Waals surface area contributed by atoms with Crippen molar-refractivity contribution in [3.05, 3.63) is 30.4 Å². The first-order chi connectivity index (χ1) is 8.12. The first kappa shape index (κ1) is 13.4. The second-order valence-corrected chi connectivity index (χ2v) is 3.75. The number of methoxy groups -OCH3 is 2. The highest BCUT2D eigenvalue weighted by Gasteiger charge is 2.11. The van der Waals surface area contributed by atoms with Gasteiger partial charge in [0.05, 0.1) is 14.2 Å².